The molecule has 2 saturated heterocycles. The van der Waals surface area contributed by atoms with Crippen molar-refractivity contribution in [2.24, 2.45) is 0 Å². The predicted molar refractivity (Wildman–Crippen MR) is 109 cm³/mol. The summed E-state index contributed by atoms with van der Waals surface area (Å²) >= 11 is 1.78. The average molecular weight is 398 g/mol. The molecule has 28 heavy (non-hydrogen) atoms. The number of likely N-dealkylation sites (tertiary alicyclic amines) is 1. The zero-order chi connectivity index (χ0) is 19.8. The smallest absolute Gasteiger partial charge is 0.290 e. The van der Waals surface area contributed by atoms with E-state index in [1.54, 1.807) is 11.3 Å². The Morgan fingerprint density at radius 2 is 2.14 bits per heavy atom. The lowest BCUT2D eigenvalue weighted by atomic mass is 10.00. The second-order valence-corrected chi connectivity index (χ2v) is 8.52. The number of ketones is 1. The number of carbonyl (C=O) groups is 2. The number of aryl methyl sites for hydroxylation is 1. The predicted octanol–water partition coefficient (Wildman–Crippen LogP) is 2.53. The Hall–Kier alpha value is -2.55. The third-order valence-electron chi connectivity index (χ3n) is 5.63. The fourth-order valence-corrected chi connectivity index (χ4v) is 5.13. The number of likely N-dealkylation sites (N-methyl/N-ethyl adjacent to an activating group) is 1. The van der Waals surface area contributed by atoms with E-state index in [0.29, 0.717) is 11.7 Å². The number of aromatic nitrogens is 2. The Labute approximate surface area is 166 Å². The highest BCUT2D eigenvalue weighted by molar-refractivity contribution is 7.15. The number of H-pyrrole nitrogens is 1. The maximum Gasteiger partial charge on any atom is 0.290 e. The standard InChI is InChI=1S/C19H20N4OS.CH2O2/c1-10-3-6-16(25-10)11-4-5-13-14(7-11)21-22-17(13)19(24)18-15-8-12(9-20-15)23(18)2;2-1-3/h3-7,12,15,18,20H,8-9H2,1-2H3,(H,21,22);1H,(H,2,3)/t12-,15+,18?;/m0./s1. The Morgan fingerprint density at radius 3 is 2.79 bits per heavy atom. The number of benzene rings is 1. The van der Waals surface area contributed by atoms with Crippen molar-refractivity contribution in [2.45, 2.75) is 31.5 Å². The zero-order valence-electron chi connectivity index (χ0n) is 15.7. The molecule has 2 bridgehead atoms. The maximum atomic E-state index is 13.1. The largest absolute Gasteiger partial charge is 0.483 e. The number of carboxylic acid groups (broad SMARTS) is 1. The maximum absolute atomic E-state index is 13.1. The van der Waals surface area contributed by atoms with Crippen LogP contribution in [0.4, 0.5) is 0 Å². The monoisotopic (exact) mass is 398 g/mol. The molecule has 3 N–H and O–H groups in total. The van der Waals surface area contributed by atoms with Crippen molar-refractivity contribution < 1.29 is 14.7 Å². The van der Waals surface area contributed by atoms with Gasteiger partial charge >= 0.3 is 0 Å². The summed E-state index contributed by atoms with van der Waals surface area (Å²) in [5.41, 5.74) is 2.65. The van der Waals surface area contributed by atoms with Crippen molar-refractivity contribution in [3.8, 4) is 10.4 Å². The van der Waals surface area contributed by atoms with Crippen molar-refractivity contribution in [2.75, 3.05) is 13.6 Å². The van der Waals surface area contributed by atoms with E-state index in [9.17, 15) is 4.79 Å². The number of Topliss-reactive ketones (excluding diaryl/α,β-unsaturated/α-hetero) is 1. The van der Waals surface area contributed by atoms with Crippen LogP contribution >= 0.6 is 11.3 Å². The number of hydrogen-bond donors (Lipinski definition) is 3. The van der Waals surface area contributed by atoms with Gasteiger partial charge in [0, 0.05) is 33.8 Å². The molecule has 0 aliphatic carbocycles. The zero-order valence-corrected chi connectivity index (χ0v) is 16.5. The molecule has 1 unspecified atom stereocenters. The first-order valence-corrected chi connectivity index (χ1v) is 9.97. The summed E-state index contributed by atoms with van der Waals surface area (Å²) in [5, 5.41) is 18.7. The first-order chi connectivity index (χ1) is 13.5. The SMILES string of the molecule is Cc1ccc(-c2ccc3c(C(=O)C4[C@H]5C[C@@H](CN5)N4C)n[nH]c3c2)s1.O=CO. The third kappa shape index (κ3) is 3.13. The van der Waals surface area contributed by atoms with Crippen molar-refractivity contribution in [3.63, 3.8) is 0 Å². The lowest BCUT2D eigenvalue weighted by molar-refractivity contribution is -0.122. The van der Waals surface area contributed by atoms with Gasteiger partial charge in [-0.2, -0.15) is 5.10 Å². The van der Waals surface area contributed by atoms with E-state index in [-0.39, 0.29) is 24.3 Å². The molecular weight excluding hydrogens is 376 g/mol. The summed E-state index contributed by atoms with van der Waals surface area (Å²) in [7, 11) is 2.06. The van der Waals surface area contributed by atoms with Gasteiger partial charge in [-0.15, -0.1) is 11.3 Å². The van der Waals surface area contributed by atoms with Crippen LogP contribution in [0.25, 0.3) is 21.3 Å². The van der Waals surface area contributed by atoms with Gasteiger partial charge in [0.2, 0.25) is 5.78 Å². The van der Waals surface area contributed by atoms with Gasteiger partial charge in [0.15, 0.2) is 0 Å². The Balaban J connectivity index is 0.000000604. The molecule has 2 aliphatic heterocycles. The van der Waals surface area contributed by atoms with Crippen LogP contribution in [0.2, 0.25) is 0 Å². The van der Waals surface area contributed by atoms with Gasteiger partial charge in [-0.05, 0) is 50.2 Å². The topological polar surface area (TPSA) is 98.3 Å². The van der Waals surface area contributed by atoms with E-state index >= 15 is 0 Å². The fraction of sp³-hybridized carbons (Fsp3) is 0.350. The van der Waals surface area contributed by atoms with Gasteiger partial charge in [-0.25, -0.2) is 0 Å². The number of thiophene rings is 1. The molecule has 2 aliphatic rings. The lowest BCUT2D eigenvalue weighted by Gasteiger charge is -2.30. The highest BCUT2D eigenvalue weighted by Crippen LogP contribution is 2.33. The molecule has 5 rings (SSSR count). The number of hydrogen-bond acceptors (Lipinski definition) is 6. The number of rotatable bonds is 3. The molecule has 0 amide bonds. The van der Waals surface area contributed by atoms with Crippen molar-refractivity contribution in [3.05, 3.63) is 40.9 Å². The van der Waals surface area contributed by atoms with Crippen LogP contribution in [0.3, 0.4) is 0 Å². The normalized spacial score (nSPS) is 23.6. The van der Waals surface area contributed by atoms with Crippen molar-refractivity contribution in [1.82, 2.24) is 20.4 Å². The van der Waals surface area contributed by atoms with Crippen LogP contribution in [0.15, 0.2) is 30.3 Å². The van der Waals surface area contributed by atoms with Crippen LogP contribution in [-0.2, 0) is 4.79 Å². The molecule has 3 atom stereocenters. The van der Waals surface area contributed by atoms with Crippen LogP contribution in [0.5, 0.6) is 0 Å². The molecule has 0 radical (unpaired) electrons. The molecule has 0 spiro atoms. The summed E-state index contributed by atoms with van der Waals surface area (Å²) in [4.78, 5) is 26.2. The first-order valence-electron chi connectivity index (χ1n) is 9.15. The second kappa shape index (κ2) is 7.46. The van der Waals surface area contributed by atoms with Gasteiger partial charge in [-0.3, -0.25) is 19.6 Å². The number of piperazine rings is 1. The summed E-state index contributed by atoms with van der Waals surface area (Å²) in [5.74, 6) is 0.119. The van der Waals surface area contributed by atoms with Gasteiger partial charge in [0.05, 0.1) is 11.6 Å². The third-order valence-corrected chi connectivity index (χ3v) is 6.68. The molecule has 8 heteroatoms. The van der Waals surface area contributed by atoms with Gasteiger partial charge in [0.25, 0.3) is 6.47 Å². The van der Waals surface area contributed by atoms with Gasteiger partial charge in [0.1, 0.15) is 5.69 Å². The van der Waals surface area contributed by atoms with E-state index < -0.39 is 0 Å². The quantitative estimate of drug-likeness (QED) is 0.463. The van der Waals surface area contributed by atoms with Crippen LogP contribution in [-0.4, -0.2) is 64.2 Å². The Morgan fingerprint density at radius 1 is 1.36 bits per heavy atom. The molecule has 2 aromatic heterocycles. The fourth-order valence-electron chi connectivity index (χ4n) is 4.27. The summed E-state index contributed by atoms with van der Waals surface area (Å²) in [6, 6.07) is 11.1. The minimum atomic E-state index is -0.250. The lowest BCUT2D eigenvalue weighted by Crippen LogP contribution is -2.53. The van der Waals surface area contributed by atoms with Crippen LogP contribution in [0.1, 0.15) is 21.8 Å². The number of nitrogens with zero attached hydrogens (tertiary/aromatic N) is 2. The average Bonchev–Trinajstić information content (AvgIpc) is 3.44. The summed E-state index contributed by atoms with van der Waals surface area (Å²) in [6.45, 7) is 2.84. The molecule has 146 valence electrons. The Kier molecular flexibility index (Phi) is 5.01. The van der Waals surface area contributed by atoms with Crippen molar-refractivity contribution in [1.29, 1.82) is 0 Å². The number of fused-ring (bicyclic) bond motifs is 3. The van der Waals surface area contributed by atoms with Gasteiger partial charge in [-0.1, -0.05) is 6.07 Å². The molecule has 3 aromatic rings. The highest BCUT2D eigenvalue weighted by Gasteiger charge is 2.48. The minimum Gasteiger partial charge on any atom is -0.483 e. The Bertz CT molecular complexity index is 1030. The molecule has 0 saturated carbocycles. The summed E-state index contributed by atoms with van der Waals surface area (Å²) < 4.78 is 0. The molecule has 7 nitrogen and oxygen atoms in total. The van der Waals surface area contributed by atoms with E-state index in [0.717, 1.165) is 29.4 Å². The van der Waals surface area contributed by atoms with Gasteiger partial charge < -0.3 is 10.4 Å². The second-order valence-electron chi connectivity index (χ2n) is 7.23. The van der Waals surface area contributed by atoms with Crippen molar-refractivity contribution >= 4 is 34.5 Å². The van der Waals surface area contributed by atoms with E-state index in [1.807, 2.05) is 6.07 Å². The molecule has 1 aromatic carbocycles. The molecule has 4 heterocycles. The number of aromatic amines is 1. The number of nitrogens with one attached hydrogen (secondary N) is 2. The summed E-state index contributed by atoms with van der Waals surface area (Å²) in [6.07, 6.45) is 1.05. The van der Waals surface area contributed by atoms with Crippen LogP contribution < -0.4 is 5.32 Å². The molecular formula is C20H22N4O3S. The molecule has 2 fully saturated rings. The number of carbonyl (C=O) groups excluding carboxylic acids is 1. The first kappa shape index (κ1) is 18.8. The van der Waals surface area contributed by atoms with E-state index in [2.05, 4.69) is 58.7 Å². The minimum absolute atomic E-state index is 0.107. The van der Waals surface area contributed by atoms with E-state index in [1.165, 1.54) is 9.75 Å². The highest BCUT2D eigenvalue weighted by atomic mass is 32.1. The van der Waals surface area contributed by atoms with E-state index in [4.69, 9.17) is 9.90 Å². The van der Waals surface area contributed by atoms with Crippen LogP contribution in [0, 0.1) is 6.92 Å².